The van der Waals surface area contributed by atoms with E-state index >= 15 is 0 Å². The molecule has 36 heavy (non-hydrogen) atoms. The van der Waals surface area contributed by atoms with Crippen molar-refractivity contribution in [2.45, 2.75) is 13.5 Å². The first kappa shape index (κ1) is 23.6. The van der Waals surface area contributed by atoms with Crippen LogP contribution >= 0.6 is 0 Å². The quantitative estimate of drug-likeness (QED) is 0.396. The first-order chi connectivity index (χ1) is 17.4. The van der Waals surface area contributed by atoms with Crippen LogP contribution < -0.4 is 15.7 Å². The first-order valence-electron chi connectivity index (χ1n) is 11.5. The van der Waals surface area contributed by atoms with Crippen molar-refractivity contribution in [1.82, 2.24) is 29.5 Å². The number of nitrogens with zero attached hydrogens (tertiary/aromatic N) is 8. The van der Waals surface area contributed by atoms with Crippen molar-refractivity contribution in [3.63, 3.8) is 0 Å². The molecule has 1 saturated heterocycles. The fourth-order valence-corrected chi connectivity index (χ4v) is 4.12. The van der Waals surface area contributed by atoms with Crippen molar-refractivity contribution in [1.29, 1.82) is 0 Å². The maximum Gasteiger partial charge on any atom is 0.359 e. The molecule has 0 atom stereocenters. The van der Waals surface area contributed by atoms with Gasteiger partial charge < -0.3 is 23.9 Å². The number of carbonyl (C=O) groups excluding carboxylic acids is 1. The Morgan fingerprint density at radius 3 is 2.61 bits per heavy atom. The average molecular weight is 490 g/mol. The summed E-state index contributed by atoms with van der Waals surface area (Å²) in [7, 11) is 3.79. The van der Waals surface area contributed by atoms with Crippen molar-refractivity contribution in [2.24, 2.45) is 12.9 Å². The van der Waals surface area contributed by atoms with Crippen LogP contribution in [0.3, 0.4) is 0 Å². The van der Waals surface area contributed by atoms with Crippen LogP contribution in [0.5, 0.6) is 0 Å². The normalized spacial score (nSPS) is 13.7. The van der Waals surface area contributed by atoms with Crippen molar-refractivity contribution in [2.75, 3.05) is 43.2 Å². The Labute approximate surface area is 207 Å². The zero-order valence-corrected chi connectivity index (χ0v) is 20.4. The summed E-state index contributed by atoms with van der Waals surface area (Å²) in [4.78, 5) is 43.1. The molecule has 12 nitrogen and oxygen atoms in total. The number of imidazole rings is 1. The number of hydrogen-bond acceptors (Lipinski definition) is 11. The molecule has 0 aliphatic carbocycles. The molecule has 0 radical (unpaired) electrons. The lowest BCUT2D eigenvalue weighted by molar-refractivity contribution is 0.0502. The van der Waals surface area contributed by atoms with Gasteiger partial charge in [-0.05, 0) is 13.0 Å². The Kier molecular flexibility index (Phi) is 6.44. The molecule has 0 unspecified atom stereocenters. The van der Waals surface area contributed by atoms with Crippen LogP contribution in [0.25, 0.3) is 22.6 Å². The van der Waals surface area contributed by atoms with Gasteiger partial charge >= 0.3 is 5.97 Å². The summed E-state index contributed by atoms with van der Waals surface area (Å²) in [5, 5.41) is 0. The smallest absolute Gasteiger partial charge is 0.359 e. The molecule has 186 valence electrons. The van der Waals surface area contributed by atoms with Crippen LogP contribution in [0.4, 0.5) is 11.8 Å². The van der Waals surface area contributed by atoms with Crippen LogP contribution in [-0.2, 0) is 23.2 Å². The lowest BCUT2D eigenvalue weighted by Gasteiger charge is -2.28. The third-order valence-electron chi connectivity index (χ3n) is 6.08. The molecule has 0 amide bonds. The summed E-state index contributed by atoms with van der Waals surface area (Å²) in [6.45, 7) is 5.21. The van der Waals surface area contributed by atoms with Crippen molar-refractivity contribution in [3.8, 4) is 11.4 Å². The molecule has 1 aromatic carbocycles. The van der Waals surface area contributed by atoms with Crippen LogP contribution in [0.15, 0.2) is 36.7 Å². The van der Waals surface area contributed by atoms with E-state index in [0.717, 1.165) is 47.0 Å². The number of carbonyl (C=O) groups is 1. The van der Waals surface area contributed by atoms with E-state index in [2.05, 4.69) is 38.8 Å². The number of rotatable bonds is 6. The Bertz CT molecular complexity index is 1400. The summed E-state index contributed by atoms with van der Waals surface area (Å²) >= 11 is 0. The fourth-order valence-electron chi connectivity index (χ4n) is 4.12. The third-order valence-corrected chi connectivity index (χ3v) is 6.08. The van der Waals surface area contributed by atoms with Gasteiger partial charge in [-0.15, -0.1) is 0 Å². The number of fused-ring (bicyclic) bond motifs is 1. The lowest BCUT2D eigenvalue weighted by atomic mass is 10.1. The van der Waals surface area contributed by atoms with Crippen molar-refractivity contribution >= 4 is 28.9 Å². The molecule has 4 aromatic rings. The van der Waals surface area contributed by atoms with Gasteiger partial charge in [0.25, 0.3) is 0 Å². The zero-order valence-electron chi connectivity index (χ0n) is 20.4. The summed E-state index contributed by atoms with van der Waals surface area (Å²) < 4.78 is 7.53. The van der Waals surface area contributed by atoms with Gasteiger partial charge in [-0.1, -0.05) is 23.8 Å². The Balaban J connectivity index is 1.53. The highest BCUT2D eigenvalue weighted by molar-refractivity contribution is 5.88. The van der Waals surface area contributed by atoms with Crippen molar-refractivity contribution < 1.29 is 14.4 Å². The molecule has 1 aliphatic rings. The van der Waals surface area contributed by atoms with E-state index in [-0.39, 0.29) is 5.56 Å². The lowest BCUT2D eigenvalue weighted by Crippen LogP contribution is -2.37. The monoisotopic (exact) mass is 489 g/mol. The number of hydrogen-bond donors (Lipinski definition) is 1. The van der Waals surface area contributed by atoms with Gasteiger partial charge in [0.2, 0.25) is 5.95 Å². The van der Waals surface area contributed by atoms with Gasteiger partial charge in [-0.25, -0.2) is 29.7 Å². The molecule has 1 aliphatic heterocycles. The Morgan fingerprint density at radius 1 is 1.17 bits per heavy atom. The minimum Gasteiger partial charge on any atom is -0.378 e. The largest absolute Gasteiger partial charge is 0.378 e. The van der Waals surface area contributed by atoms with Gasteiger partial charge in [0.1, 0.15) is 5.82 Å². The number of morpholine rings is 1. The number of anilines is 2. The van der Waals surface area contributed by atoms with Gasteiger partial charge in [0.05, 0.1) is 25.3 Å². The van der Waals surface area contributed by atoms with Crippen LogP contribution in [0, 0.1) is 6.92 Å². The molecule has 0 spiro atoms. The highest BCUT2D eigenvalue weighted by Crippen LogP contribution is 2.29. The van der Waals surface area contributed by atoms with E-state index in [1.54, 1.807) is 0 Å². The molecule has 12 heteroatoms. The SMILES string of the molecule is Cc1cccc(-c2nc(N3CCOCC3)c3nc(CN(C)c4ncc(C(=O)ON)cn4)n(C)c3n2)c1. The summed E-state index contributed by atoms with van der Waals surface area (Å²) in [5.41, 5.74) is 3.75. The number of aryl methyl sites for hydroxylation is 2. The topological polar surface area (TPSA) is 137 Å². The third kappa shape index (κ3) is 4.55. The molecule has 0 saturated carbocycles. The first-order valence-corrected chi connectivity index (χ1v) is 11.5. The van der Waals surface area contributed by atoms with Crippen LogP contribution in [0.2, 0.25) is 0 Å². The van der Waals surface area contributed by atoms with Gasteiger partial charge in [-0.3, -0.25) is 0 Å². The number of nitrogens with two attached hydrogens (primary N) is 1. The van der Waals surface area contributed by atoms with E-state index in [1.165, 1.54) is 12.4 Å². The number of ether oxygens (including phenoxy) is 1. The van der Waals surface area contributed by atoms with Gasteiger partial charge in [0, 0.05) is 45.1 Å². The second-order valence-corrected chi connectivity index (χ2v) is 8.63. The standard InChI is InChI=1S/C24H27N9O3/c1-15-5-4-6-16(11-15)20-29-21-19(22(30-20)33-7-9-35-10-8-33)28-18(32(21)3)14-31(2)24-26-12-17(13-27-24)23(34)36-25/h4-6,11-13H,7-10,14,25H2,1-3H3. The number of aromatic nitrogens is 6. The highest BCUT2D eigenvalue weighted by Gasteiger charge is 2.23. The highest BCUT2D eigenvalue weighted by atomic mass is 16.7. The van der Waals surface area contributed by atoms with Crippen molar-refractivity contribution in [3.05, 3.63) is 53.6 Å². The Morgan fingerprint density at radius 2 is 1.92 bits per heavy atom. The molecule has 3 aromatic heterocycles. The van der Waals surface area contributed by atoms with Gasteiger partial charge in [-0.2, -0.15) is 5.90 Å². The zero-order chi connectivity index (χ0) is 25.2. The van der Waals surface area contributed by atoms with E-state index in [0.29, 0.717) is 31.5 Å². The second-order valence-electron chi connectivity index (χ2n) is 8.63. The summed E-state index contributed by atoms with van der Waals surface area (Å²) in [6.07, 6.45) is 2.75. The molecule has 1 fully saturated rings. The molecule has 4 heterocycles. The maximum absolute atomic E-state index is 11.6. The molecular formula is C24H27N9O3. The van der Waals surface area contributed by atoms with Crippen LogP contribution in [0.1, 0.15) is 21.7 Å². The van der Waals surface area contributed by atoms with E-state index in [4.69, 9.17) is 25.6 Å². The van der Waals surface area contributed by atoms with Crippen LogP contribution in [-0.4, -0.2) is 68.8 Å². The molecular weight excluding hydrogens is 462 g/mol. The minimum absolute atomic E-state index is 0.173. The minimum atomic E-state index is -0.696. The molecule has 5 rings (SSSR count). The summed E-state index contributed by atoms with van der Waals surface area (Å²) in [5.74, 6) is 6.88. The second kappa shape index (κ2) is 9.84. The maximum atomic E-state index is 11.6. The molecule has 0 bridgehead atoms. The number of benzene rings is 1. The molecule has 2 N–H and O–H groups in total. The Hall–Kier alpha value is -4.16. The predicted octanol–water partition coefficient (Wildman–Crippen LogP) is 1.63. The van der Waals surface area contributed by atoms with Gasteiger partial charge in [0.15, 0.2) is 22.8 Å². The fraction of sp³-hybridized carbons (Fsp3) is 0.333. The van der Waals surface area contributed by atoms with E-state index in [1.807, 2.05) is 35.7 Å². The average Bonchev–Trinajstić information content (AvgIpc) is 3.23. The predicted molar refractivity (Wildman–Crippen MR) is 133 cm³/mol. The van der Waals surface area contributed by atoms with E-state index in [9.17, 15) is 4.79 Å². The van der Waals surface area contributed by atoms with E-state index < -0.39 is 5.97 Å². The summed E-state index contributed by atoms with van der Waals surface area (Å²) in [6, 6.07) is 8.16.